The van der Waals surface area contributed by atoms with Crippen molar-refractivity contribution in [1.29, 1.82) is 0 Å². The van der Waals surface area contributed by atoms with Gasteiger partial charge in [-0.15, -0.1) is 0 Å². The van der Waals surface area contributed by atoms with Crippen LogP contribution >= 0.6 is 0 Å². The minimum absolute atomic E-state index is 0.150. The number of rotatable bonds is 4. The van der Waals surface area contributed by atoms with E-state index < -0.39 is 5.41 Å². The fourth-order valence-electron chi connectivity index (χ4n) is 10.9. The van der Waals surface area contributed by atoms with Crippen molar-refractivity contribution in [2.24, 2.45) is 5.92 Å². The fourth-order valence-corrected chi connectivity index (χ4v) is 10.9. The summed E-state index contributed by atoms with van der Waals surface area (Å²) in [4.78, 5) is 2.41. The van der Waals surface area contributed by atoms with Crippen molar-refractivity contribution in [3.63, 3.8) is 0 Å². The molecule has 1 nitrogen and oxygen atoms in total. The van der Waals surface area contributed by atoms with Gasteiger partial charge in [-0.25, -0.2) is 13.2 Å². The van der Waals surface area contributed by atoms with Gasteiger partial charge in [-0.1, -0.05) is 117 Å². The third kappa shape index (κ3) is 4.50. The highest BCUT2D eigenvalue weighted by Crippen LogP contribution is 2.66. The van der Waals surface area contributed by atoms with E-state index in [0.717, 1.165) is 74.3 Å². The lowest BCUT2D eigenvalue weighted by Crippen LogP contribution is -2.46. The second-order valence-electron chi connectivity index (χ2n) is 16.3. The van der Waals surface area contributed by atoms with E-state index in [1.807, 2.05) is 24.3 Å². The average Bonchev–Trinajstić information content (AvgIpc) is 3.76. The molecular formula is C52H38F3N. The van der Waals surface area contributed by atoms with Gasteiger partial charge in [0.2, 0.25) is 0 Å². The van der Waals surface area contributed by atoms with Crippen molar-refractivity contribution in [2.45, 2.75) is 43.6 Å². The third-order valence-electron chi connectivity index (χ3n) is 13.3. The molecule has 2 unspecified atom stereocenters. The van der Waals surface area contributed by atoms with Crippen LogP contribution in [0.1, 0.15) is 60.1 Å². The lowest BCUT2D eigenvalue weighted by Gasteiger charge is -2.45. The van der Waals surface area contributed by atoms with Crippen LogP contribution in [0.15, 0.2) is 163 Å². The molecule has 1 spiro atoms. The number of halogens is 3. The SMILES string of the molecule is CC1(C)C2=C(C=CCC2)c2ccc(N(c3ccc(-c4ccccc4)cc3)C3C=CC=C4c5ccc(F)cc5C5(c6cc(F)ccc6-c6ccc(F)cc65)C43)cc21. The topological polar surface area (TPSA) is 3.24 Å². The lowest BCUT2D eigenvalue weighted by molar-refractivity contribution is 0.439. The number of fused-ring (bicyclic) bond motifs is 12. The van der Waals surface area contributed by atoms with Gasteiger partial charge in [0, 0.05) is 22.7 Å². The monoisotopic (exact) mass is 733 g/mol. The first-order chi connectivity index (χ1) is 27.2. The highest BCUT2D eigenvalue weighted by atomic mass is 19.1. The number of hydrogen-bond donors (Lipinski definition) is 0. The van der Waals surface area contributed by atoms with Crippen LogP contribution in [-0.2, 0) is 10.8 Å². The van der Waals surface area contributed by atoms with E-state index in [4.69, 9.17) is 0 Å². The molecule has 272 valence electrons. The summed E-state index contributed by atoms with van der Waals surface area (Å²) in [5.41, 5.74) is 14.2. The van der Waals surface area contributed by atoms with Crippen LogP contribution < -0.4 is 4.90 Å². The first kappa shape index (κ1) is 33.2. The summed E-state index contributed by atoms with van der Waals surface area (Å²) in [6, 6.07) is 40.3. The number of hydrogen-bond acceptors (Lipinski definition) is 1. The summed E-state index contributed by atoms with van der Waals surface area (Å²) in [6.45, 7) is 4.67. The van der Waals surface area contributed by atoms with E-state index in [2.05, 4.69) is 104 Å². The number of benzene rings is 6. The smallest absolute Gasteiger partial charge is 0.123 e. The summed E-state index contributed by atoms with van der Waals surface area (Å²) in [7, 11) is 0. The van der Waals surface area contributed by atoms with Crippen LogP contribution in [-0.4, -0.2) is 6.04 Å². The Morgan fingerprint density at radius 1 is 0.589 bits per heavy atom. The van der Waals surface area contributed by atoms with Gasteiger partial charge in [0.05, 0.1) is 11.5 Å². The molecule has 0 saturated carbocycles. The molecular weight excluding hydrogens is 696 g/mol. The van der Waals surface area contributed by atoms with Gasteiger partial charge in [0.1, 0.15) is 17.5 Å². The first-order valence-electron chi connectivity index (χ1n) is 19.5. The van der Waals surface area contributed by atoms with Gasteiger partial charge in [0.25, 0.3) is 0 Å². The van der Waals surface area contributed by atoms with Gasteiger partial charge in [-0.3, -0.25) is 0 Å². The molecule has 4 heteroatoms. The van der Waals surface area contributed by atoms with Crippen molar-refractivity contribution in [3.8, 4) is 22.3 Å². The van der Waals surface area contributed by atoms with E-state index in [1.165, 1.54) is 40.5 Å². The Kier molecular flexibility index (Phi) is 7.08. The van der Waals surface area contributed by atoms with Crippen molar-refractivity contribution >= 4 is 22.5 Å². The standard InChI is InChI=1S/C52H38F3N/c1-51(2)44-13-7-6-11-38(44)39-26-22-37(30-45(39)51)56(36-20-15-32(16-21-36)31-9-4-3-5-10-31)49-14-8-12-43-42-25-19-35(55)29-48(42)52(50(43)49)46-27-33(53)17-23-40(46)41-24-18-34(54)28-47(41)52/h3-6,8-12,14-30,49-50H,7,13H2,1-2H3. The molecule has 0 aliphatic heterocycles. The maximum absolute atomic E-state index is 15.7. The van der Waals surface area contributed by atoms with Crippen LogP contribution in [0, 0.1) is 23.4 Å². The molecule has 0 bridgehead atoms. The molecule has 0 saturated heterocycles. The largest absolute Gasteiger partial charge is 0.334 e. The molecule has 0 aromatic heterocycles. The van der Waals surface area contributed by atoms with Crippen LogP contribution in [0.3, 0.4) is 0 Å². The number of anilines is 2. The zero-order chi connectivity index (χ0) is 37.9. The fraction of sp³-hybridized carbons (Fsp3) is 0.154. The zero-order valence-electron chi connectivity index (χ0n) is 31.2. The normalized spacial score (nSPS) is 19.9. The summed E-state index contributed by atoms with van der Waals surface area (Å²) in [5.74, 6) is -1.52. The quantitative estimate of drug-likeness (QED) is 0.174. The van der Waals surface area contributed by atoms with Gasteiger partial charge in [-0.05, 0) is 140 Å². The Labute approximate surface area is 325 Å². The minimum atomic E-state index is -1.09. The van der Waals surface area contributed by atoms with Crippen molar-refractivity contribution in [1.82, 2.24) is 0 Å². The molecule has 0 fully saturated rings. The van der Waals surface area contributed by atoms with Gasteiger partial charge in [-0.2, -0.15) is 0 Å². The second kappa shape index (κ2) is 11.9. The van der Waals surface area contributed by atoms with E-state index in [-0.39, 0.29) is 34.8 Å². The maximum Gasteiger partial charge on any atom is 0.123 e. The van der Waals surface area contributed by atoms with Crippen molar-refractivity contribution < 1.29 is 13.2 Å². The molecule has 2 atom stereocenters. The predicted octanol–water partition coefficient (Wildman–Crippen LogP) is 13.3. The maximum atomic E-state index is 15.7. The molecule has 56 heavy (non-hydrogen) atoms. The molecule has 5 aliphatic carbocycles. The summed E-state index contributed by atoms with van der Waals surface area (Å²) >= 11 is 0. The summed E-state index contributed by atoms with van der Waals surface area (Å²) < 4.78 is 47.0. The average molecular weight is 734 g/mol. The van der Waals surface area contributed by atoms with Crippen molar-refractivity contribution in [2.75, 3.05) is 4.90 Å². The van der Waals surface area contributed by atoms with Crippen LogP contribution in [0.5, 0.6) is 0 Å². The molecule has 0 radical (unpaired) electrons. The molecule has 0 heterocycles. The second-order valence-corrected chi connectivity index (χ2v) is 16.3. The highest BCUT2D eigenvalue weighted by molar-refractivity contribution is 5.94. The van der Waals surface area contributed by atoms with Crippen LogP contribution in [0.25, 0.3) is 33.4 Å². The van der Waals surface area contributed by atoms with Crippen LogP contribution in [0.2, 0.25) is 0 Å². The molecule has 0 N–H and O–H groups in total. The van der Waals surface area contributed by atoms with Crippen molar-refractivity contribution in [3.05, 3.63) is 214 Å². The lowest BCUT2D eigenvalue weighted by atomic mass is 9.63. The van der Waals surface area contributed by atoms with E-state index in [0.29, 0.717) is 0 Å². The van der Waals surface area contributed by atoms with E-state index in [1.54, 1.807) is 30.3 Å². The van der Waals surface area contributed by atoms with E-state index in [9.17, 15) is 0 Å². The molecule has 5 aliphatic rings. The Hall–Kier alpha value is -6.13. The summed E-state index contributed by atoms with van der Waals surface area (Å²) in [5, 5.41) is 0. The molecule has 6 aromatic rings. The van der Waals surface area contributed by atoms with Gasteiger partial charge < -0.3 is 4.90 Å². The zero-order valence-corrected chi connectivity index (χ0v) is 31.2. The molecule has 0 amide bonds. The first-order valence-corrected chi connectivity index (χ1v) is 19.5. The molecule has 11 rings (SSSR count). The Bertz CT molecular complexity index is 2710. The Morgan fingerprint density at radius 2 is 1.18 bits per heavy atom. The van der Waals surface area contributed by atoms with Gasteiger partial charge in [0.15, 0.2) is 0 Å². The molecule has 6 aromatic carbocycles. The highest BCUT2D eigenvalue weighted by Gasteiger charge is 2.60. The Balaban J connectivity index is 1.17. The Morgan fingerprint density at radius 3 is 1.86 bits per heavy atom. The van der Waals surface area contributed by atoms with Gasteiger partial charge >= 0.3 is 0 Å². The van der Waals surface area contributed by atoms with Crippen LogP contribution in [0.4, 0.5) is 24.5 Å². The number of nitrogens with zero attached hydrogens (tertiary/aromatic N) is 1. The third-order valence-corrected chi connectivity index (χ3v) is 13.3. The summed E-state index contributed by atoms with van der Waals surface area (Å²) in [6.07, 6.45) is 13.1. The minimum Gasteiger partial charge on any atom is -0.334 e. The van der Waals surface area contributed by atoms with E-state index >= 15 is 13.2 Å². The predicted molar refractivity (Wildman–Crippen MR) is 221 cm³/mol. The number of allylic oxidation sites excluding steroid dienone is 6.